The molecule has 0 aromatic heterocycles. The van der Waals surface area contributed by atoms with Crippen LogP contribution >= 0.6 is 11.6 Å². The third-order valence-electron chi connectivity index (χ3n) is 4.13. The molecule has 0 saturated heterocycles. The molecule has 0 amide bonds. The third kappa shape index (κ3) is 2.66. The first-order chi connectivity index (χ1) is 8.04. The molecule has 17 heavy (non-hydrogen) atoms. The highest BCUT2D eigenvalue weighted by Crippen LogP contribution is 2.44. The summed E-state index contributed by atoms with van der Waals surface area (Å²) in [7, 11) is 0. The van der Waals surface area contributed by atoms with Gasteiger partial charge in [-0.3, -0.25) is 0 Å². The highest BCUT2D eigenvalue weighted by molar-refractivity contribution is 6.21. The zero-order valence-electron chi connectivity index (χ0n) is 11.0. The largest absolute Gasteiger partial charge is 0.309 e. The number of hydrogen-bond acceptors (Lipinski definition) is 1. The smallest absolute Gasteiger partial charge is 0.0416 e. The number of halogens is 1. The molecule has 2 heteroatoms. The fourth-order valence-electron chi connectivity index (χ4n) is 2.35. The van der Waals surface area contributed by atoms with Crippen LogP contribution in [-0.4, -0.2) is 11.4 Å². The van der Waals surface area contributed by atoms with E-state index in [4.69, 9.17) is 11.6 Å². The molecule has 1 aromatic rings. The van der Waals surface area contributed by atoms with Gasteiger partial charge in [-0.15, -0.1) is 11.6 Å². The van der Waals surface area contributed by atoms with Crippen LogP contribution in [0.1, 0.15) is 38.3 Å². The Hall–Kier alpha value is -0.530. The first-order valence-electron chi connectivity index (χ1n) is 6.49. The lowest BCUT2D eigenvalue weighted by molar-refractivity contribution is 0.115. The van der Waals surface area contributed by atoms with Gasteiger partial charge in [0.05, 0.1) is 0 Å². The molecule has 1 nitrogen and oxygen atoms in total. The molecule has 0 bridgehead atoms. The average Bonchev–Trinajstić information content (AvgIpc) is 2.35. The Morgan fingerprint density at radius 2 is 1.82 bits per heavy atom. The molecule has 1 fully saturated rings. The van der Waals surface area contributed by atoms with Crippen molar-refractivity contribution >= 4 is 11.6 Å². The van der Waals surface area contributed by atoms with Gasteiger partial charge in [0, 0.05) is 18.0 Å². The van der Waals surface area contributed by atoms with E-state index < -0.39 is 0 Å². The van der Waals surface area contributed by atoms with Crippen LogP contribution in [-0.2, 0) is 13.0 Å². The van der Waals surface area contributed by atoms with E-state index in [-0.39, 0.29) is 5.41 Å². The monoisotopic (exact) mass is 251 g/mol. The summed E-state index contributed by atoms with van der Waals surface area (Å²) in [5, 5.41) is 3.93. The van der Waals surface area contributed by atoms with Crippen molar-refractivity contribution in [2.45, 2.75) is 51.6 Å². The summed E-state index contributed by atoms with van der Waals surface area (Å²) in [6.45, 7) is 7.62. The normalized spacial score (nSPS) is 26.6. The summed E-state index contributed by atoms with van der Waals surface area (Å²) >= 11 is 6.22. The Kier molecular flexibility index (Phi) is 3.79. The fourth-order valence-corrected chi connectivity index (χ4v) is 2.68. The zero-order chi connectivity index (χ0) is 12.5. The minimum atomic E-state index is 0.227. The van der Waals surface area contributed by atoms with E-state index >= 15 is 0 Å². The molecular weight excluding hydrogens is 230 g/mol. The van der Waals surface area contributed by atoms with E-state index in [0.29, 0.717) is 11.4 Å². The van der Waals surface area contributed by atoms with Gasteiger partial charge in [-0.2, -0.15) is 0 Å². The summed E-state index contributed by atoms with van der Waals surface area (Å²) in [6.07, 6.45) is 2.19. The van der Waals surface area contributed by atoms with Gasteiger partial charge in [0.2, 0.25) is 0 Å². The molecule has 0 spiro atoms. The predicted molar refractivity (Wildman–Crippen MR) is 74.5 cm³/mol. The highest BCUT2D eigenvalue weighted by Gasteiger charge is 2.46. The Morgan fingerprint density at radius 3 is 2.29 bits per heavy atom. The van der Waals surface area contributed by atoms with Crippen LogP contribution < -0.4 is 5.32 Å². The Labute approximate surface area is 110 Å². The maximum atomic E-state index is 6.22. The second kappa shape index (κ2) is 4.99. The van der Waals surface area contributed by atoms with Gasteiger partial charge < -0.3 is 5.32 Å². The molecule has 1 aliphatic rings. The molecule has 1 N–H and O–H groups in total. The van der Waals surface area contributed by atoms with Gasteiger partial charge in [0.1, 0.15) is 0 Å². The topological polar surface area (TPSA) is 12.0 Å². The second-order valence-corrected chi connectivity index (χ2v) is 6.15. The van der Waals surface area contributed by atoms with Gasteiger partial charge in [-0.05, 0) is 29.4 Å². The van der Waals surface area contributed by atoms with Crippen molar-refractivity contribution in [3.63, 3.8) is 0 Å². The van der Waals surface area contributed by atoms with Crippen molar-refractivity contribution in [3.05, 3.63) is 35.4 Å². The molecule has 94 valence electrons. The lowest BCUT2D eigenvalue weighted by Gasteiger charge is -2.49. The van der Waals surface area contributed by atoms with Crippen LogP contribution in [0.5, 0.6) is 0 Å². The van der Waals surface area contributed by atoms with Crippen molar-refractivity contribution in [2.24, 2.45) is 5.41 Å². The van der Waals surface area contributed by atoms with Crippen molar-refractivity contribution in [2.75, 3.05) is 0 Å². The van der Waals surface area contributed by atoms with E-state index in [0.717, 1.165) is 19.4 Å². The van der Waals surface area contributed by atoms with Crippen molar-refractivity contribution in [3.8, 4) is 0 Å². The molecule has 0 heterocycles. The molecule has 2 atom stereocenters. The molecule has 0 radical (unpaired) electrons. The zero-order valence-corrected chi connectivity index (χ0v) is 11.7. The lowest BCUT2D eigenvalue weighted by Crippen LogP contribution is -2.57. The minimum absolute atomic E-state index is 0.227. The Morgan fingerprint density at radius 1 is 1.24 bits per heavy atom. The predicted octanol–water partition coefficient (Wildman–Crippen LogP) is 3.74. The van der Waals surface area contributed by atoms with Gasteiger partial charge in [0.25, 0.3) is 0 Å². The summed E-state index contributed by atoms with van der Waals surface area (Å²) in [5.41, 5.74) is 2.99. The summed E-state index contributed by atoms with van der Waals surface area (Å²) in [5.74, 6) is 0. The maximum absolute atomic E-state index is 6.22. The summed E-state index contributed by atoms with van der Waals surface area (Å²) < 4.78 is 0. The van der Waals surface area contributed by atoms with Gasteiger partial charge >= 0.3 is 0 Å². The molecule has 2 unspecified atom stereocenters. The van der Waals surface area contributed by atoms with Crippen LogP contribution in [0.15, 0.2) is 24.3 Å². The Balaban J connectivity index is 1.86. The van der Waals surface area contributed by atoms with Crippen molar-refractivity contribution in [1.82, 2.24) is 5.32 Å². The standard InChI is InChI=1S/C15H22ClN/c1-4-11-5-7-12(8-6-11)10-17-14-9-13(16)15(14,2)3/h5-8,13-14,17H,4,9-10H2,1-3H3. The fraction of sp³-hybridized carbons (Fsp3) is 0.600. The molecule has 1 aromatic carbocycles. The molecule has 2 rings (SSSR count). The Bertz CT molecular complexity index is 369. The molecule has 1 aliphatic carbocycles. The highest BCUT2D eigenvalue weighted by atomic mass is 35.5. The third-order valence-corrected chi connectivity index (χ3v) is 4.87. The molecule has 1 saturated carbocycles. The first kappa shape index (κ1) is 12.9. The summed E-state index contributed by atoms with van der Waals surface area (Å²) in [4.78, 5) is 0. The minimum Gasteiger partial charge on any atom is -0.309 e. The number of alkyl halides is 1. The number of rotatable bonds is 4. The first-order valence-corrected chi connectivity index (χ1v) is 6.93. The van der Waals surface area contributed by atoms with Crippen molar-refractivity contribution in [1.29, 1.82) is 0 Å². The second-order valence-electron chi connectivity index (χ2n) is 5.63. The lowest BCUT2D eigenvalue weighted by atomic mass is 9.67. The molecular formula is C15H22ClN. The number of benzene rings is 1. The van der Waals surface area contributed by atoms with E-state index in [1.807, 2.05) is 0 Å². The van der Waals surface area contributed by atoms with Gasteiger partial charge in [-0.1, -0.05) is 45.0 Å². The quantitative estimate of drug-likeness (QED) is 0.804. The average molecular weight is 252 g/mol. The van der Waals surface area contributed by atoms with Crippen LogP contribution in [0.4, 0.5) is 0 Å². The van der Waals surface area contributed by atoms with Crippen LogP contribution in [0, 0.1) is 5.41 Å². The maximum Gasteiger partial charge on any atom is 0.0416 e. The van der Waals surface area contributed by atoms with Crippen LogP contribution in [0.25, 0.3) is 0 Å². The summed E-state index contributed by atoms with van der Waals surface area (Å²) in [6, 6.07) is 9.42. The van der Waals surface area contributed by atoms with E-state index in [9.17, 15) is 0 Å². The van der Waals surface area contributed by atoms with E-state index in [1.165, 1.54) is 11.1 Å². The van der Waals surface area contributed by atoms with Crippen molar-refractivity contribution < 1.29 is 0 Å². The van der Waals surface area contributed by atoms with Gasteiger partial charge in [-0.25, -0.2) is 0 Å². The van der Waals surface area contributed by atoms with Gasteiger partial charge in [0.15, 0.2) is 0 Å². The SMILES string of the molecule is CCc1ccc(CNC2CC(Cl)C2(C)C)cc1. The van der Waals surface area contributed by atoms with Crippen LogP contribution in [0.3, 0.4) is 0 Å². The molecule has 0 aliphatic heterocycles. The number of nitrogens with one attached hydrogen (secondary N) is 1. The van der Waals surface area contributed by atoms with E-state index in [2.05, 4.69) is 50.4 Å². The van der Waals surface area contributed by atoms with E-state index in [1.54, 1.807) is 0 Å². The number of hydrogen-bond donors (Lipinski definition) is 1. The number of aryl methyl sites for hydroxylation is 1. The van der Waals surface area contributed by atoms with Crippen LogP contribution in [0.2, 0.25) is 0 Å².